The van der Waals surface area contributed by atoms with Crippen LogP contribution in [0, 0.1) is 5.92 Å². The molecular formula is C11H26N2. The van der Waals surface area contributed by atoms with E-state index >= 15 is 0 Å². The number of rotatable bonds is 6. The third-order valence-corrected chi connectivity index (χ3v) is 2.76. The predicted octanol–water partition coefficient (Wildman–Crippen LogP) is 2.31. The third kappa shape index (κ3) is 5.27. The van der Waals surface area contributed by atoms with E-state index in [9.17, 15) is 0 Å². The van der Waals surface area contributed by atoms with Crippen LogP contribution in [0.4, 0.5) is 0 Å². The van der Waals surface area contributed by atoms with Crippen LogP contribution in [0.5, 0.6) is 0 Å². The molecule has 0 rings (SSSR count). The van der Waals surface area contributed by atoms with Crippen LogP contribution in [0.2, 0.25) is 0 Å². The molecule has 0 aromatic heterocycles. The SMILES string of the molecule is CNCN(C)C(C)(C)CCC(C)C. The van der Waals surface area contributed by atoms with Gasteiger partial charge in [0.25, 0.3) is 0 Å². The van der Waals surface area contributed by atoms with E-state index in [0.717, 1.165) is 12.6 Å². The van der Waals surface area contributed by atoms with E-state index in [2.05, 4.69) is 45.0 Å². The molecule has 0 fully saturated rings. The Balaban J connectivity index is 3.90. The summed E-state index contributed by atoms with van der Waals surface area (Å²) in [4.78, 5) is 2.37. The summed E-state index contributed by atoms with van der Waals surface area (Å²) in [6, 6.07) is 0. The fraction of sp³-hybridized carbons (Fsp3) is 1.00. The highest BCUT2D eigenvalue weighted by Gasteiger charge is 2.22. The summed E-state index contributed by atoms with van der Waals surface area (Å²) in [6.07, 6.45) is 2.57. The Labute approximate surface area is 83.7 Å². The van der Waals surface area contributed by atoms with Crippen LogP contribution in [-0.4, -0.2) is 31.2 Å². The minimum atomic E-state index is 0.313. The Bertz CT molecular complexity index is 130. The Kier molecular flexibility index (Phi) is 5.57. The van der Waals surface area contributed by atoms with Gasteiger partial charge in [0.2, 0.25) is 0 Å². The molecule has 13 heavy (non-hydrogen) atoms. The van der Waals surface area contributed by atoms with Gasteiger partial charge in [-0.05, 0) is 46.7 Å². The summed E-state index contributed by atoms with van der Waals surface area (Å²) < 4.78 is 0. The second-order valence-electron chi connectivity index (χ2n) is 4.95. The molecule has 0 heterocycles. The predicted molar refractivity (Wildman–Crippen MR) is 59.8 cm³/mol. The zero-order valence-corrected chi connectivity index (χ0v) is 10.1. The van der Waals surface area contributed by atoms with Gasteiger partial charge >= 0.3 is 0 Å². The van der Waals surface area contributed by atoms with Crippen LogP contribution in [0.1, 0.15) is 40.5 Å². The molecule has 2 heteroatoms. The smallest absolute Gasteiger partial charge is 0.0480 e. The number of nitrogens with one attached hydrogen (secondary N) is 1. The van der Waals surface area contributed by atoms with Crippen molar-refractivity contribution in [2.45, 2.75) is 46.1 Å². The maximum Gasteiger partial charge on any atom is 0.0480 e. The van der Waals surface area contributed by atoms with Gasteiger partial charge < -0.3 is 5.32 Å². The molecule has 0 bridgehead atoms. The van der Waals surface area contributed by atoms with E-state index in [0.29, 0.717) is 5.54 Å². The first-order valence-corrected chi connectivity index (χ1v) is 5.26. The topological polar surface area (TPSA) is 15.3 Å². The van der Waals surface area contributed by atoms with E-state index in [1.165, 1.54) is 12.8 Å². The van der Waals surface area contributed by atoms with Gasteiger partial charge in [-0.3, -0.25) is 4.90 Å². The zero-order valence-electron chi connectivity index (χ0n) is 10.1. The van der Waals surface area contributed by atoms with Crippen molar-refractivity contribution in [3.8, 4) is 0 Å². The van der Waals surface area contributed by atoms with Crippen molar-refractivity contribution in [2.75, 3.05) is 20.8 Å². The largest absolute Gasteiger partial charge is 0.307 e. The summed E-state index contributed by atoms with van der Waals surface area (Å²) in [5.74, 6) is 0.808. The first-order valence-electron chi connectivity index (χ1n) is 5.26. The fourth-order valence-corrected chi connectivity index (χ4v) is 1.28. The highest BCUT2D eigenvalue weighted by Crippen LogP contribution is 2.20. The first kappa shape index (κ1) is 12.9. The van der Waals surface area contributed by atoms with Gasteiger partial charge in [0.05, 0.1) is 0 Å². The molecule has 1 N–H and O–H groups in total. The molecule has 0 unspecified atom stereocenters. The molecule has 0 aliphatic heterocycles. The van der Waals surface area contributed by atoms with E-state index < -0.39 is 0 Å². The van der Waals surface area contributed by atoms with Gasteiger partial charge in [-0.15, -0.1) is 0 Å². The average molecular weight is 186 g/mol. The normalized spacial score (nSPS) is 12.9. The molecule has 0 amide bonds. The van der Waals surface area contributed by atoms with E-state index in [4.69, 9.17) is 0 Å². The fourth-order valence-electron chi connectivity index (χ4n) is 1.28. The summed E-state index contributed by atoms with van der Waals surface area (Å²) in [5.41, 5.74) is 0.313. The standard InChI is InChI=1S/C11H26N2/c1-10(2)7-8-11(3,4)13(6)9-12-5/h10,12H,7-9H2,1-6H3. The minimum Gasteiger partial charge on any atom is -0.307 e. The van der Waals surface area contributed by atoms with Gasteiger partial charge in [0.15, 0.2) is 0 Å². The molecule has 0 atom stereocenters. The lowest BCUT2D eigenvalue weighted by atomic mass is 9.93. The average Bonchev–Trinajstić information content (AvgIpc) is 2.01. The Morgan fingerprint density at radius 3 is 2.23 bits per heavy atom. The lowest BCUT2D eigenvalue weighted by Crippen LogP contribution is -2.45. The molecular weight excluding hydrogens is 160 g/mol. The molecule has 0 radical (unpaired) electrons. The molecule has 0 aliphatic rings. The summed E-state index contributed by atoms with van der Waals surface area (Å²) in [6.45, 7) is 10.2. The van der Waals surface area contributed by atoms with Crippen LogP contribution >= 0.6 is 0 Å². The minimum absolute atomic E-state index is 0.313. The third-order valence-electron chi connectivity index (χ3n) is 2.76. The van der Waals surface area contributed by atoms with Crippen LogP contribution in [0.15, 0.2) is 0 Å². The molecule has 80 valence electrons. The highest BCUT2D eigenvalue weighted by atomic mass is 15.2. The molecule has 0 saturated carbocycles. The molecule has 0 spiro atoms. The maximum atomic E-state index is 3.19. The molecule has 0 aliphatic carbocycles. The lowest BCUT2D eigenvalue weighted by Gasteiger charge is -2.36. The van der Waals surface area contributed by atoms with Crippen molar-refractivity contribution < 1.29 is 0 Å². The van der Waals surface area contributed by atoms with Gasteiger partial charge in [-0.1, -0.05) is 13.8 Å². The number of nitrogens with zero attached hydrogens (tertiary/aromatic N) is 1. The van der Waals surface area contributed by atoms with Crippen molar-refractivity contribution in [2.24, 2.45) is 5.92 Å². The first-order chi connectivity index (χ1) is 5.90. The van der Waals surface area contributed by atoms with Crippen LogP contribution in [0.25, 0.3) is 0 Å². The molecule has 0 saturated heterocycles. The van der Waals surface area contributed by atoms with Crippen LogP contribution < -0.4 is 5.32 Å². The van der Waals surface area contributed by atoms with Gasteiger partial charge in [0, 0.05) is 12.2 Å². The second kappa shape index (κ2) is 5.61. The quantitative estimate of drug-likeness (QED) is 0.640. The van der Waals surface area contributed by atoms with Crippen molar-refractivity contribution in [1.29, 1.82) is 0 Å². The van der Waals surface area contributed by atoms with Gasteiger partial charge in [0.1, 0.15) is 0 Å². The van der Waals surface area contributed by atoms with Crippen molar-refractivity contribution >= 4 is 0 Å². The zero-order chi connectivity index (χ0) is 10.5. The van der Waals surface area contributed by atoms with Gasteiger partial charge in [-0.2, -0.15) is 0 Å². The number of hydrogen-bond donors (Lipinski definition) is 1. The Morgan fingerprint density at radius 2 is 1.85 bits per heavy atom. The molecule has 2 nitrogen and oxygen atoms in total. The van der Waals surface area contributed by atoms with E-state index in [1.54, 1.807) is 0 Å². The van der Waals surface area contributed by atoms with Gasteiger partial charge in [-0.25, -0.2) is 0 Å². The highest BCUT2D eigenvalue weighted by molar-refractivity contribution is 4.78. The number of hydrogen-bond acceptors (Lipinski definition) is 2. The molecule has 0 aromatic rings. The summed E-state index contributed by atoms with van der Waals surface area (Å²) in [7, 11) is 4.17. The summed E-state index contributed by atoms with van der Waals surface area (Å²) >= 11 is 0. The van der Waals surface area contributed by atoms with E-state index in [1.807, 2.05) is 7.05 Å². The molecule has 0 aromatic carbocycles. The van der Waals surface area contributed by atoms with E-state index in [-0.39, 0.29) is 0 Å². The van der Waals surface area contributed by atoms with Crippen LogP contribution in [0.3, 0.4) is 0 Å². The van der Waals surface area contributed by atoms with Crippen molar-refractivity contribution in [3.05, 3.63) is 0 Å². The Morgan fingerprint density at radius 1 is 1.31 bits per heavy atom. The lowest BCUT2D eigenvalue weighted by molar-refractivity contribution is 0.130. The summed E-state index contributed by atoms with van der Waals surface area (Å²) in [5, 5.41) is 3.19. The van der Waals surface area contributed by atoms with Crippen molar-refractivity contribution in [3.63, 3.8) is 0 Å². The Hall–Kier alpha value is -0.0800. The second-order valence-corrected chi connectivity index (χ2v) is 4.95. The van der Waals surface area contributed by atoms with Crippen molar-refractivity contribution in [1.82, 2.24) is 10.2 Å². The van der Waals surface area contributed by atoms with Crippen LogP contribution in [-0.2, 0) is 0 Å². The maximum absolute atomic E-state index is 3.19. The monoisotopic (exact) mass is 186 g/mol.